The van der Waals surface area contributed by atoms with E-state index in [2.05, 4.69) is 59.5 Å². The molecular weight excluding hydrogens is 266 g/mol. The molecule has 0 saturated carbocycles. The zero-order chi connectivity index (χ0) is 13.7. The predicted molar refractivity (Wildman–Crippen MR) is 83.3 cm³/mol. The Bertz CT molecular complexity index is 900. The maximum absolute atomic E-state index is 4.66. The molecule has 0 spiro atoms. The van der Waals surface area contributed by atoms with Crippen LogP contribution >= 0.6 is 11.3 Å². The van der Waals surface area contributed by atoms with Gasteiger partial charge in [0.25, 0.3) is 0 Å². The number of rotatable bonds is 1. The lowest BCUT2D eigenvalue weighted by Gasteiger charge is -1.98. The van der Waals surface area contributed by atoms with Gasteiger partial charge in [0, 0.05) is 22.3 Å². The molecule has 4 heteroatoms. The van der Waals surface area contributed by atoms with Crippen LogP contribution in [0.2, 0.25) is 0 Å². The van der Waals surface area contributed by atoms with Crippen molar-refractivity contribution in [1.29, 1.82) is 0 Å². The van der Waals surface area contributed by atoms with Crippen LogP contribution in [0.1, 0.15) is 11.4 Å². The second-order valence-electron chi connectivity index (χ2n) is 4.98. The van der Waals surface area contributed by atoms with E-state index in [0.717, 1.165) is 22.9 Å². The highest BCUT2D eigenvalue weighted by molar-refractivity contribution is 7.22. The monoisotopic (exact) mass is 279 g/mol. The Labute approximate surface area is 120 Å². The van der Waals surface area contributed by atoms with Crippen molar-refractivity contribution in [3.8, 4) is 10.6 Å². The van der Waals surface area contributed by atoms with Gasteiger partial charge in [0.1, 0.15) is 5.69 Å². The van der Waals surface area contributed by atoms with E-state index in [0.29, 0.717) is 0 Å². The van der Waals surface area contributed by atoms with E-state index in [1.54, 1.807) is 11.3 Å². The molecule has 3 nitrogen and oxygen atoms in total. The van der Waals surface area contributed by atoms with Crippen molar-refractivity contribution in [3.05, 3.63) is 54.0 Å². The molecule has 1 aromatic carbocycles. The molecule has 0 aliphatic heterocycles. The molecule has 4 rings (SSSR count). The first kappa shape index (κ1) is 11.6. The Morgan fingerprint density at radius 3 is 2.75 bits per heavy atom. The van der Waals surface area contributed by atoms with Gasteiger partial charge in [-0.3, -0.25) is 4.40 Å². The number of hydrogen-bond acceptors (Lipinski definition) is 3. The number of nitrogens with zero attached hydrogens (tertiary/aromatic N) is 3. The molecule has 4 aromatic rings. The summed E-state index contributed by atoms with van der Waals surface area (Å²) >= 11 is 1.77. The van der Waals surface area contributed by atoms with Gasteiger partial charge in [-0.05, 0) is 37.4 Å². The summed E-state index contributed by atoms with van der Waals surface area (Å²) in [5.74, 6) is 0.773. The van der Waals surface area contributed by atoms with Crippen LogP contribution in [-0.2, 0) is 0 Å². The van der Waals surface area contributed by atoms with E-state index >= 15 is 0 Å². The molecule has 0 aliphatic carbocycles. The molecular formula is C16H13N3S. The van der Waals surface area contributed by atoms with Crippen LogP contribution in [0.15, 0.2) is 42.6 Å². The molecule has 3 heterocycles. The predicted octanol–water partition coefficient (Wildman–Crippen LogP) is 4.23. The molecule has 0 fully saturated rings. The molecule has 0 saturated heterocycles. The van der Waals surface area contributed by atoms with Crippen LogP contribution in [0.5, 0.6) is 0 Å². The fraction of sp³-hybridized carbons (Fsp3) is 0.125. The summed E-state index contributed by atoms with van der Waals surface area (Å²) in [6, 6.07) is 12.7. The number of thiophene rings is 1. The van der Waals surface area contributed by atoms with E-state index in [1.165, 1.54) is 15.0 Å². The standard InChI is InChI=1S/C16H13N3S/c1-10-7-11(2)19-9-13(18-16(19)17-10)15-8-12-5-3-4-6-14(12)20-15/h3-9H,1-2H3. The lowest BCUT2D eigenvalue weighted by atomic mass is 10.2. The van der Waals surface area contributed by atoms with E-state index in [4.69, 9.17) is 0 Å². The minimum Gasteiger partial charge on any atom is -0.288 e. The molecule has 0 atom stereocenters. The quantitative estimate of drug-likeness (QED) is 0.522. The smallest absolute Gasteiger partial charge is 0.234 e. The van der Waals surface area contributed by atoms with E-state index in [-0.39, 0.29) is 0 Å². The highest BCUT2D eigenvalue weighted by atomic mass is 32.1. The summed E-state index contributed by atoms with van der Waals surface area (Å²) in [6.07, 6.45) is 2.07. The van der Waals surface area contributed by atoms with Crippen molar-refractivity contribution in [2.24, 2.45) is 0 Å². The third-order valence-corrected chi connectivity index (χ3v) is 4.58. The number of hydrogen-bond donors (Lipinski definition) is 0. The first-order valence-electron chi connectivity index (χ1n) is 6.53. The second-order valence-corrected chi connectivity index (χ2v) is 6.07. The normalized spacial score (nSPS) is 11.5. The van der Waals surface area contributed by atoms with Gasteiger partial charge in [-0.1, -0.05) is 18.2 Å². The largest absolute Gasteiger partial charge is 0.288 e. The van der Waals surface area contributed by atoms with E-state index in [1.807, 2.05) is 11.3 Å². The van der Waals surface area contributed by atoms with Gasteiger partial charge < -0.3 is 0 Å². The van der Waals surface area contributed by atoms with Crippen molar-refractivity contribution in [3.63, 3.8) is 0 Å². The molecule has 0 amide bonds. The molecule has 0 aliphatic rings. The number of imidazole rings is 1. The van der Waals surface area contributed by atoms with Crippen molar-refractivity contribution in [1.82, 2.24) is 14.4 Å². The fourth-order valence-electron chi connectivity index (χ4n) is 2.50. The van der Waals surface area contributed by atoms with Crippen molar-refractivity contribution >= 4 is 27.2 Å². The average Bonchev–Trinajstić information content (AvgIpc) is 3.01. The van der Waals surface area contributed by atoms with Crippen molar-refractivity contribution < 1.29 is 0 Å². The van der Waals surface area contributed by atoms with Gasteiger partial charge in [-0.25, -0.2) is 9.97 Å². The Morgan fingerprint density at radius 1 is 1.05 bits per heavy atom. The highest BCUT2D eigenvalue weighted by Crippen LogP contribution is 2.32. The Morgan fingerprint density at radius 2 is 1.90 bits per heavy atom. The Kier molecular flexibility index (Phi) is 2.41. The van der Waals surface area contributed by atoms with Crippen LogP contribution < -0.4 is 0 Å². The third kappa shape index (κ3) is 1.72. The van der Waals surface area contributed by atoms with Gasteiger partial charge in [-0.15, -0.1) is 11.3 Å². The lowest BCUT2D eigenvalue weighted by Crippen LogP contribution is -1.94. The van der Waals surface area contributed by atoms with E-state index < -0.39 is 0 Å². The minimum absolute atomic E-state index is 0.773. The van der Waals surface area contributed by atoms with Gasteiger partial charge in [0.2, 0.25) is 5.78 Å². The molecule has 20 heavy (non-hydrogen) atoms. The molecule has 0 bridgehead atoms. The first-order valence-corrected chi connectivity index (χ1v) is 7.35. The van der Waals surface area contributed by atoms with Crippen LogP contribution in [0, 0.1) is 13.8 Å². The summed E-state index contributed by atoms with van der Waals surface area (Å²) in [6.45, 7) is 4.08. The molecule has 0 N–H and O–H groups in total. The van der Waals surface area contributed by atoms with Crippen LogP contribution in [0.25, 0.3) is 26.4 Å². The SMILES string of the molecule is Cc1cc(C)n2cc(-c3cc4ccccc4s3)nc2n1. The van der Waals surface area contributed by atoms with Crippen LogP contribution in [0.3, 0.4) is 0 Å². The Balaban J connectivity index is 1.95. The number of aryl methyl sites for hydroxylation is 2. The number of fused-ring (bicyclic) bond motifs is 2. The molecule has 0 unspecified atom stereocenters. The van der Waals surface area contributed by atoms with Crippen LogP contribution in [0.4, 0.5) is 0 Å². The maximum Gasteiger partial charge on any atom is 0.234 e. The average molecular weight is 279 g/mol. The lowest BCUT2D eigenvalue weighted by molar-refractivity contribution is 1.01. The number of aromatic nitrogens is 3. The molecule has 98 valence electrons. The molecule has 3 aromatic heterocycles. The third-order valence-electron chi connectivity index (χ3n) is 3.44. The maximum atomic E-state index is 4.66. The topological polar surface area (TPSA) is 30.2 Å². The summed E-state index contributed by atoms with van der Waals surface area (Å²) in [5, 5.41) is 1.27. The van der Waals surface area contributed by atoms with Gasteiger partial charge in [-0.2, -0.15) is 0 Å². The van der Waals surface area contributed by atoms with Crippen molar-refractivity contribution in [2.75, 3.05) is 0 Å². The minimum atomic E-state index is 0.773. The van der Waals surface area contributed by atoms with Gasteiger partial charge in [0.15, 0.2) is 0 Å². The van der Waals surface area contributed by atoms with Crippen molar-refractivity contribution in [2.45, 2.75) is 13.8 Å². The summed E-state index contributed by atoms with van der Waals surface area (Å²) in [7, 11) is 0. The van der Waals surface area contributed by atoms with E-state index in [9.17, 15) is 0 Å². The number of benzene rings is 1. The van der Waals surface area contributed by atoms with Gasteiger partial charge in [0.05, 0.1) is 4.88 Å². The highest BCUT2D eigenvalue weighted by Gasteiger charge is 2.10. The second kappa shape index (κ2) is 4.15. The summed E-state index contributed by atoms with van der Waals surface area (Å²) in [4.78, 5) is 10.3. The summed E-state index contributed by atoms with van der Waals surface area (Å²) in [5.41, 5.74) is 3.16. The fourth-order valence-corrected chi connectivity index (χ4v) is 3.51. The molecule has 0 radical (unpaired) electrons. The van der Waals surface area contributed by atoms with Gasteiger partial charge >= 0.3 is 0 Å². The van der Waals surface area contributed by atoms with Crippen LogP contribution in [-0.4, -0.2) is 14.4 Å². The zero-order valence-corrected chi connectivity index (χ0v) is 12.1. The first-order chi connectivity index (χ1) is 9.70. The Hall–Kier alpha value is -2.20. The summed E-state index contributed by atoms with van der Waals surface area (Å²) < 4.78 is 3.34. The zero-order valence-electron chi connectivity index (χ0n) is 11.3.